The SMILES string of the molecule is CCC[C@]1(CCc2ccccc2)CC(O)=C([C@@H](c2cccc(NS(C)(=O)=O)c2)C(C)(C)C)C(=O)O1. The lowest BCUT2D eigenvalue weighted by atomic mass is 9.70. The Morgan fingerprint density at radius 3 is 2.34 bits per heavy atom. The zero-order valence-electron chi connectivity index (χ0n) is 21.3. The fraction of sp³-hybridized carbons (Fsp3) is 0.464. The minimum atomic E-state index is -3.46. The third-order valence-corrected chi connectivity index (χ3v) is 7.03. The van der Waals surface area contributed by atoms with Crippen LogP contribution < -0.4 is 4.72 Å². The van der Waals surface area contributed by atoms with E-state index in [2.05, 4.69) is 16.9 Å². The highest BCUT2D eigenvalue weighted by atomic mass is 32.2. The van der Waals surface area contributed by atoms with Gasteiger partial charge in [0.05, 0.1) is 11.8 Å². The van der Waals surface area contributed by atoms with Crippen molar-refractivity contribution >= 4 is 21.7 Å². The molecule has 35 heavy (non-hydrogen) atoms. The van der Waals surface area contributed by atoms with Crippen molar-refractivity contribution in [2.75, 3.05) is 11.0 Å². The predicted octanol–water partition coefficient (Wildman–Crippen LogP) is 6.12. The van der Waals surface area contributed by atoms with E-state index in [1.807, 2.05) is 52.0 Å². The zero-order valence-corrected chi connectivity index (χ0v) is 22.1. The number of aryl methyl sites for hydroxylation is 1. The maximum absolute atomic E-state index is 13.5. The van der Waals surface area contributed by atoms with Crippen molar-refractivity contribution < 1.29 is 23.1 Å². The van der Waals surface area contributed by atoms with Crippen LogP contribution in [0.3, 0.4) is 0 Å². The van der Waals surface area contributed by atoms with Crippen LogP contribution in [-0.4, -0.2) is 31.4 Å². The van der Waals surface area contributed by atoms with Crippen molar-refractivity contribution in [1.29, 1.82) is 0 Å². The number of ether oxygens (including phenoxy) is 1. The van der Waals surface area contributed by atoms with Gasteiger partial charge in [0, 0.05) is 18.0 Å². The van der Waals surface area contributed by atoms with Gasteiger partial charge in [0.1, 0.15) is 11.4 Å². The van der Waals surface area contributed by atoms with Gasteiger partial charge in [-0.3, -0.25) is 4.72 Å². The molecule has 0 aromatic heterocycles. The number of rotatable bonds is 9. The predicted molar refractivity (Wildman–Crippen MR) is 140 cm³/mol. The number of hydrogen-bond donors (Lipinski definition) is 2. The van der Waals surface area contributed by atoms with Crippen LogP contribution in [-0.2, 0) is 26.0 Å². The minimum Gasteiger partial charge on any atom is -0.512 e. The number of benzene rings is 2. The number of nitrogens with one attached hydrogen (secondary N) is 1. The van der Waals surface area contributed by atoms with E-state index in [0.29, 0.717) is 18.5 Å². The number of anilines is 1. The van der Waals surface area contributed by atoms with Gasteiger partial charge in [-0.15, -0.1) is 0 Å². The number of carbonyl (C=O) groups excluding carboxylic acids is 1. The molecular weight excluding hydrogens is 462 g/mol. The lowest BCUT2D eigenvalue weighted by molar-refractivity contribution is -0.161. The Bertz CT molecular complexity index is 1180. The van der Waals surface area contributed by atoms with E-state index in [-0.39, 0.29) is 17.8 Å². The Balaban J connectivity index is 1.98. The van der Waals surface area contributed by atoms with Gasteiger partial charge in [0.15, 0.2) is 0 Å². The fourth-order valence-corrected chi connectivity index (χ4v) is 5.62. The Labute approximate surface area is 209 Å². The molecule has 2 aromatic rings. The third-order valence-electron chi connectivity index (χ3n) is 6.43. The summed E-state index contributed by atoms with van der Waals surface area (Å²) >= 11 is 0. The monoisotopic (exact) mass is 499 g/mol. The molecule has 1 aliphatic heterocycles. The smallest absolute Gasteiger partial charge is 0.338 e. The number of cyclic esters (lactones) is 1. The van der Waals surface area contributed by atoms with Crippen molar-refractivity contribution in [2.45, 2.75) is 71.3 Å². The van der Waals surface area contributed by atoms with E-state index in [9.17, 15) is 18.3 Å². The van der Waals surface area contributed by atoms with Gasteiger partial charge >= 0.3 is 5.97 Å². The molecule has 0 saturated carbocycles. The van der Waals surface area contributed by atoms with Crippen molar-refractivity contribution in [1.82, 2.24) is 0 Å². The first kappa shape index (κ1) is 26.8. The highest BCUT2D eigenvalue weighted by molar-refractivity contribution is 7.92. The third kappa shape index (κ3) is 6.88. The molecule has 2 atom stereocenters. The quantitative estimate of drug-likeness (QED) is 0.406. The van der Waals surface area contributed by atoms with Crippen LogP contribution in [0, 0.1) is 5.41 Å². The maximum Gasteiger partial charge on any atom is 0.338 e. The molecule has 2 aromatic carbocycles. The second-order valence-corrected chi connectivity index (χ2v) is 12.4. The van der Waals surface area contributed by atoms with Gasteiger partial charge in [-0.1, -0.05) is 76.6 Å². The van der Waals surface area contributed by atoms with Crippen LogP contribution in [0.1, 0.15) is 70.4 Å². The highest BCUT2D eigenvalue weighted by Gasteiger charge is 2.45. The average Bonchev–Trinajstić information content (AvgIpc) is 2.74. The molecule has 2 N–H and O–H groups in total. The normalized spacial score (nSPS) is 19.9. The number of sulfonamides is 1. The van der Waals surface area contributed by atoms with E-state index in [0.717, 1.165) is 30.2 Å². The van der Waals surface area contributed by atoms with Crippen molar-refractivity contribution in [2.24, 2.45) is 5.41 Å². The first-order valence-electron chi connectivity index (χ1n) is 12.1. The maximum atomic E-state index is 13.5. The first-order chi connectivity index (χ1) is 16.3. The summed E-state index contributed by atoms with van der Waals surface area (Å²) in [7, 11) is -3.46. The summed E-state index contributed by atoms with van der Waals surface area (Å²) in [5, 5.41) is 11.3. The van der Waals surface area contributed by atoms with Crippen molar-refractivity contribution in [3.05, 3.63) is 77.1 Å². The molecule has 0 fully saturated rings. The van der Waals surface area contributed by atoms with Crippen LogP contribution in [0.5, 0.6) is 0 Å². The van der Waals surface area contributed by atoms with Crippen molar-refractivity contribution in [3.63, 3.8) is 0 Å². The summed E-state index contributed by atoms with van der Waals surface area (Å²) in [6.07, 6.45) is 4.23. The molecule has 3 rings (SSSR count). The summed E-state index contributed by atoms with van der Waals surface area (Å²) in [4.78, 5) is 13.5. The molecule has 0 bridgehead atoms. The Kier molecular flexibility index (Phi) is 8.00. The molecule has 190 valence electrons. The number of carbonyl (C=O) groups is 1. The average molecular weight is 500 g/mol. The lowest BCUT2D eigenvalue weighted by Crippen LogP contribution is -2.43. The topological polar surface area (TPSA) is 92.7 Å². The summed E-state index contributed by atoms with van der Waals surface area (Å²) in [5.74, 6) is -0.925. The standard InChI is InChI=1S/C28H37NO5S/c1-6-16-28(17-15-20-11-8-7-9-12-20)19-23(30)24(26(31)34-28)25(27(2,3)4)21-13-10-14-22(18-21)29-35(5,32)33/h7-14,18,25,29-30H,6,15-17,19H2,1-5H3/t25-,28+/m1/s1. The van der Waals surface area contributed by atoms with Gasteiger partial charge in [0.2, 0.25) is 10.0 Å². The summed E-state index contributed by atoms with van der Waals surface area (Å²) < 4.78 is 32.1. The van der Waals surface area contributed by atoms with E-state index in [1.165, 1.54) is 0 Å². The van der Waals surface area contributed by atoms with Crippen LogP contribution in [0.25, 0.3) is 0 Å². The van der Waals surface area contributed by atoms with E-state index in [4.69, 9.17) is 4.74 Å². The molecule has 0 amide bonds. The van der Waals surface area contributed by atoms with Crippen molar-refractivity contribution in [3.8, 4) is 0 Å². The molecule has 6 nitrogen and oxygen atoms in total. The van der Waals surface area contributed by atoms with E-state index in [1.54, 1.807) is 18.2 Å². The molecule has 0 aliphatic carbocycles. The second-order valence-electron chi connectivity index (χ2n) is 10.6. The zero-order chi connectivity index (χ0) is 25.9. The highest BCUT2D eigenvalue weighted by Crippen LogP contribution is 2.47. The number of hydrogen-bond acceptors (Lipinski definition) is 5. The molecule has 0 radical (unpaired) electrons. The fourth-order valence-electron chi connectivity index (χ4n) is 5.06. The molecule has 0 saturated heterocycles. The van der Waals surface area contributed by atoms with E-state index < -0.39 is 32.9 Å². The van der Waals surface area contributed by atoms with Crippen LogP contribution >= 0.6 is 0 Å². The molecule has 1 heterocycles. The Morgan fingerprint density at radius 1 is 1.09 bits per heavy atom. The molecule has 1 aliphatic rings. The first-order valence-corrected chi connectivity index (χ1v) is 14.0. The summed E-state index contributed by atoms with van der Waals surface area (Å²) in [6.45, 7) is 8.02. The number of esters is 1. The van der Waals surface area contributed by atoms with Gasteiger partial charge in [-0.25, -0.2) is 13.2 Å². The number of aliphatic hydroxyl groups excluding tert-OH is 1. The summed E-state index contributed by atoms with van der Waals surface area (Å²) in [5.41, 5.74) is 1.36. The van der Waals surface area contributed by atoms with E-state index >= 15 is 0 Å². The largest absolute Gasteiger partial charge is 0.512 e. The van der Waals surface area contributed by atoms with Crippen LogP contribution in [0.4, 0.5) is 5.69 Å². The molecule has 7 heteroatoms. The second kappa shape index (κ2) is 10.4. The molecule has 0 spiro atoms. The lowest BCUT2D eigenvalue weighted by Gasteiger charge is -2.41. The van der Waals surface area contributed by atoms with Crippen LogP contribution in [0.15, 0.2) is 65.9 Å². The van der Waals surface area contributed by atoms with Gasteiger partial charge in [-0.2, -0.15) is 0 Å². The Morgan fingerprint density at radius 2 is 1.77 bits per heavy atom. The Hall–Kier alpha value is -2.80. The van der Waals surface area contributed by atoms with Gasteiger partial charge in [0.25, 0.3) is 0 Å². The minimum absolute atomic E-state index is 0.0594. The van der Waals surface area contributed by atoms with Gasteiger partial charge < -0.3 is 9.84 Å². The summed E-state index contributed by atoms with van der Waals surface area (Å²) in [6, 6.07) is 17.0. The van der Waals surface area contributed by atoms with Crippen LogP contribution in [0.2, 0.25) is 0 Å². The van der Waals surface area contributed by atoms with Gasteiger partial charge in [-0.05, 0) is 47.9 Å². The molecular formula is C28H37NO5S. The number of aliphatic hydroxyl groups is 1. The molecule has 0 unspecified atom stereocenters.